The molecule has 4 nitrogen and oxygen atoms in total. The van der Waals surface area contributed by atoms with Crippen LogP contribution >= 0.6 is 0 Å². The minimum absolute atomic E-state index is 0.223. The van der Waals surface area contributed by atoms with Crippen molar-refractivity contribution in [3.05, 3.63) is 0 Å². The van der Waals surface area contributed by atoms with E-state index in [9.17, 15) is 0 Å². The number of morpholine rings is 1. The van der Waals surface area contributed by atoms with E-state index in [0.29, 0.717) is 5.92 Å². The normalized spacial score (nSPS) is 20.8. The molecule has 1 saturated heterocycles. The largest absolute Gasteiger partial charge is 0.395 e. The predicted molar refractivity (Wildman–Crippen MR) is 61.0 cm³/mol. The fraction of sp³-hybridized carbons (Fsp3) is 1.00. The van der Waals surface area contributed by atoms with Gasteiger partial charge < -0.3 is 15.2 Å². The number of aliphatic hydroxyl groups excluding tert-OH is 1. The highest BCUT2D eigenvalue weighted by molar-refractivity contribution is 4.71. The van der Waals surface area contributed by atoms with Crippen LogP contribution in [0.2, 0.25) is 0 Å². The van der Waals surface area contributed by atoms with Crippen LogP contribution in [-0.4, -0.2) is 62.0 Å². The molecule has 0 aromatic rings. The highest BCUT2D eigenvalue weighted by atomic mass is 16.5. The molecule has 0 aromatic heterocycles. The number of hydrogen-bond donors (Lipinski definition) is 2. The van der Waals surface area contributed by atoms with Crippen molar-refractivity contribution in [2.45, 2.75) is 19.9 Å². The Morgan fingerprint density at radius 2 is 2.00 bits per heavy atom. The van der Waals surface area contributed by atoms with Crippen molar-refractivity contribution < 1.29 is 9.84 Å². The SMILES string of the molecule is CC(C)[C@@H](CO)NCCN1CCOCC1. The average Bonchev–Trinajstić information content (AvgIpc) is 2.25. The van der Waals surface area contributed by atoms with E-state index in [-0.39, 0.29) is 12.6 Å². The molecule has 2 N–H and O–H groups in total. The van der Waals surface area contributed by atoms with Gasteiger partial charge in [-0.1, -0.05) is 13.8 Å². The van der Waals surface area contributed by atoms with Crippen molar-refractivity contribution in [1.82, 2.24) is 10.2 Å². The van der Waals surface area contributed by atoms with E-state index in [1.165, 1.54) is 0 Å². The molecule has 1 fully saturated rings. The van der Waals surface area contributed by atoms with Crippen LogP contribution in [0.25, 0.3) is 0 Å². The van der Waals surface area contributed by atoms with Gasteiger partial charge in [0.2, 0.25) is 0 Å². The lowest BCUT2D eigenvalue weighted by Crippen LogP contribution is -2.44. The molecule has 0 saturated carbocycles. The van der Waals surface area contributed by atoms with Gasteiger partial charge in [0, 0.05) is 32.2 Å². The maximum Gasteiger partial charge on any atom is 0.0594 e. The van der Waals surface area contributed by atoms with E-state index in [1.807, 2.05) is 0 Å². The van der Waals surface area contributed by atoms with Crippen LogP contribution in [0.1, 0.15) is 13.8 Å². The Labute approximate surface area is 92.6 Å². The summed E-state index contributed by atoms with van der Waals surface area (Å²) in [4.78, 5) is 2.39. The summed E-state index contributed by atoms with van der Waals surface area (Å²) in [6.07, 6.45) is 0. The lowest BCUT2D eigenvalue weighted by atomic mass is 10.1. The first kappa shape index (κ1) is 12.9. The third-order valence-corrected chi connectivity index (χ3v) is 2.94. The number of hydrogen-bond acceptors (Lipinski definition) is 4. The molecular formula is C11H24N2O2. The lowest BCUT2D eigenvalue weighted by Gasteiger charge is -2.28. The molecule has 0 spiro atoms. The fourth-order valence-corrected chi connectivity index (χ4v) is 1.74. The van der Waals surface area contributed by atoms with Crippen molar-refractivity contribution in [2.24, 2.45) is 5.92 Å². The molecular weight excluding hydrogens is 192 g/mol. The van der Waals surface area contributed by atoms with E-state index in [4.69, 9.17) is 9.84 Å². The molecule has 0 radical (unpaired) electrons. The first-order valence-corrected chi connectivity index (χ1v) is 5.88. The molecule has 15 heavy (non-hydrogen) atoms. The maximum atomic E-state index is 9.14. The summed E-state index contributed by atoms with van der Waals surface area (Å²) in [6.45, 7) is 10.3. The Kier molecular flexibility index (Phi) is 6.17. The van der Waals surface area contributed by atoms with Gasteiger partial charge >= 0.3 is 0 Å². The smallest absolute Gasteiger partial charge is 0.0594 e. The van der Waals surface area contributed by atoms with Gasteiger partial charge in [0.15, 0.2) is 0 Å². The van der Waals surface area contributed by atoms with E-state index in [2.05, 4.69) is 24.1 Å². The average molecular weight is 216 g/mol. The Balaban J connectivity index is 2.08. The van der Waals surface area contributed by atoms with Crippen LogP contribution in [0.5, 0.6) is 0 Å². The van der Waals surface area contributed by atoms with E-state index >= 15 is 0 Å². The number of rotatable bonds is 6. The van der Waals surface area contributed by atoms with E-state index < -0.39 is 0 Å². The molecule has 1 heterocycles. The molecule has 0 aromatic carbocycles. The number of ether oxygens (including phenoxy) is 1. The summed E-state index contributed by atoms with van der Waals surface area (Å²) in [7, 11) is 0. The second-order valence-electron chi connectivity index (χ2n) is 4.44. The van der Waals surface area contributed by atoms with Gasteiger partial charge in [-0.25, -0.2) is 0 Å². The summed E-state index contributed by atoms with van der Waals surface area (Å²) in [5.74, 6) is 0.486. The van der Waals surface area contributed by atoms with Crippen molar-refractivity contribution in [3.63, 3.8) is 0 Å². The Hall–Kier alpha value is -0.160. The summed E-state index contributed by atoms with van der Waals surface area (Å²) in [5.41, 5.74) is 0. The second kappa shape index (κ2) is 7.17. The molecule has 1 atom stereocenters. The standard InChI is InChI=1S/C11H24N2O2/c1-10(2)11(9-14)12-3-4-13-5-7-15-8-6-13/h10-12,14H,3-9H2,1-2H3/t11-/m1/s1. The minimum Gasteiger partial charge on any atom is -0.395 e. The molecule has 0 bridgehead atoms. The third-order valence-electron chi connectivity index (χ3n) is 2.94. The Morgan fingerprint density at radius 1 is 1.33 bits per heavy atom. The zero-order valence-corrected chi connectivity index (χ0v) is 9.91. The highest BCUT2D eigenvalue weighted by Gasteiger charge is 2.13. The van der Waals surface area contributed by atoms with Crippen LogP contribution in [-0.2, 0) is 4.74 Å². The van der Waals surface area contributed by atoms with Gasteiger partial charge in [-0.05, 0) is 5.92 Å². The van der Waals surface area contributed by atoms with Crippen molar-refractivity contribution >= 4 is 0 Å². The minimum atomic E-state index is 0.223. The lowest BCUT2D eigenvalue weighted by molar-refractivity contribution is 0.0375. The maximum absolute atomic E-state index is 9.14. The number of aliphatic hydroxyl groups is 1. The molecule has 1 aliphatic rings. The molecule has 0 aliphatic carbocycles. The molecule has 90 valence electrons. The zero-order valence-electron chi connectivity index (χ0n) is 9.91. The predicted octanol–water partition coefficient (Wildman–Crippen LogP) is -0.0749. The Morgan fingerprint density at radius 3 is 2.53 bits per heavy atom. The quantitative estimate of drug-likeness (QED) is 0.652. The molecule has 0 amide bonds. The van der Waals surface area contributed by atoms with Gasteiger partial charge in [-0.3, -0.25) is 4.90 Å². The van der Waals surface area contributed by atoms with Crippen LogP contribution in [0.3, 0.4) is 0 Å². The Bertz CT molecular complexity index is 159. The van der Waals surface area contributed by atoms with Crippen LogP contribution in [0.15, 0.2) is 0 Å². The van der Waals surface area contributed by atoms with E-state index in [1.54, 1.807) is 0 Å². The summed E-state index contributed by atoms with van der Waals surface area (Å²) in [6, 6.07) is 0.228. The molecule has 1 rings (SSSR count). The first-order chi connectivity index (χ1) is 7.24. The van der Waals surface area contributed by atoms with Gasteiger partial charge in [0.25, 0.3) is 0 Å². The fourth-order valence-electron chi connectivity index (χ4n) is 1.74. The highest BCUT2D eigenvalue weighted by Crippen LogP contribution is 2.00. The molecule has 1 aliphatic heterocycles. The number of nitrogens with one attached hydrogen (secondary N) is 1. The van der Waals surface area contributed by atoms with Crippen molar-refractivity contribution in [1.29, 1.82) is 0 Å². The summed E-state index contributed by atoms with van der Waals surface area (Å²) in [5, 5.41) is 12.5. The third kappa shape index (κ3) is 4.93. The van der Waals surface area contributed by atoms with Crippen molar-refractivity contribution in [3.8, 4) is 0 Å². The first-order valence-electron chi connectivity index (χ1n) is 5.88. The monoisotopic (exact) mass is 216 g/mol. The summed E-state index contributed by atoms with van der Waals surface area (Å²) < 4.78 is 5.28. The van der Waals surface area contributed by atoms with Gasteiger partial charge in [-0.2, -0.15) is 0 Å². The molecule has 0 unspecified atom stereocenters. The van der Waals surface area contributed by atoms with Gasteiger partial charge in [0.1, 0.15) is 0 Å². The van der Waals surface area contributed by atoms with Gasteiger partial charge in [-0.15, -0.1) is 0 Å². The topological polar surface area (TPSA) is 44.7 Å². The van der Waals surface area contributed by atoms with Crippen LogP contribution < -0.4 is 5.32 Å². The van der Waals surface area contributed by atoms with Crippen molar-refractivity contribution in [2.75, 3.05) is 46.0 Å². The second-order valence-corrected chi connectivity index (χ2v) is 4.44. The summed E-state index contributed by atoms with van der Waals surface area (Å²) >= 11 is 0. The van der Waals surface area contributed by atoms with Crippen LogP contribution in [0, 0.1) is 5.92 Å². The zero-order chi connectivity index (χ0) is 11.1. The van der Waals surface area contributed by atoms with Crippen LogP contribution in [0.4, 0.5) is 0 Å². The van der Waals surface area contributed by atoms with Gasteiger partial charge in [0.05, 0.1) is 19.8 Å². The van der Waals surface area contributed by atoms with E-state index in [0.717, 1.165) is 39.4 Å². The number of nitrogens with zero attached hydrogens (tertiary/aromatic N) is 1. The molecule has 4 heteroatoms.